The van der Waals surface area contributed by atoms with Gasteiger partial charge in [0.15, 0.2) is 5.96 Å². The number of nitrogens with one attached hydrogen (secondary N) is 2. The molecule has 1 fully saturated rings. The lowest BCUT2D eigenvalue weighted by molar-refractivity contribution is -0.119. The van der Waals surface area contributed by atoms with Crippen LogP contribution in [0.1, 0.15) is 43.6 Å². The number of aliphatic imine (C=N–C) groups is 1. The minimum Gasteiger partial charge on any atom is -0.369 e. The number of carbonyl (C=O) groups excluding carboxylic acids is 1. The van der Waals surface area contributed by atoms with Crippen molar-refractivity contribution in [1.82, 2.24) is 25.3 Å². The predicted octanol–water partition coefficient (Wildman–Crippen LogP) is 0.160. The van der Waals surface area contributed by atoms with Crippen LogP contribution in [0.4, 0.5) is 0 Å². The average molecular weight is 364 g/mol. The van der Waals surface area contributed by atoms with Gasteiger partial charge in [0, 0.05) is 51.0 Å². The number of hydrogen-bond acceptors (Lipinski definition) is 4. The standard InChI is InChI=1S/C18H33N7O/c1-5-15-14(16(6-2)24(4)23-15)11-21-18(20-3)22-13-7-9-25(10-8-13)12-17(19)26/h13H,5-12H2,1-4H3,(H2,19,26)(H2,20,21,22). The SMILES string of the molecule is CCc1nn(C)c(CC)c1CNC(=NC)NC1CCN(CC(N)=O)CC1. The van der Waals surface area contributed by atoms with Gasteiger partial charge in [-0.1, -0.05) is 13.8 Å². The van der Waals surface area contributed by atoms with E-state index >= 15 is 0 Å². The first-order chi connectivity index (χ1) is 12.5. The third kappa shape index (κ3) is 5.20. The Labute approximate surface area is 156 Å². The molecular weight excluding hydrogens is 330 g/mol. The summed E-state index contributed by atoms with van der Waals surface area (Å²) < 4.78 is 1.99. The van der Waals surface area contributed by atoms with Crippen molar-refractivity contribution in [3.63, 3.8) is 0 Å². The molecule has 1 aromatic rings. The van der Waals surface area contributed by atoms with Crippen molar-refractivity contribution in [2.75, 3.05) is 26.7 Å². The van der Waals surface area contributed by atoms with Gasteiger partial charge in [-0.25, -0.2) is 0 Å². The highest BCUT2D eigenvalue weighted by atomic mass is 16.1. The first kappa shape index (κ1) is 20.2. The summed E-state index contributed by atoms with van der Waals surface area (Å²) in [6.45, 7) is 7.12. The van der Waals surface area contributed by atoms with Gasteiger partial charge in [0.2, 0.25) is 5.91 Å². The van der Waals surface area contributed by atoms with Crippen LogP contribution < -0.4 is 16.4 Å². The van der Waals surface area contributed by atoms with E-state index in [0.717, 1.165) is 57.0 Å². The lowest BCUT2D eigenvalue weighted by atomic mass is 10.1. The Balaban J connectivity index is 1.89. The van der Waals surface area contributed by atoms with E-state index in [2.05, 4.69) is 39.5 Å². The van der Waals surface area contributed by atoms with Crippen molar-refractivity contribution in [2.45, 2.75) is 52.1 Å². The van der Waals surface area contributed by atoms with Gasteiger partial charge in [-0.05, 0) is 25.7 Å². The predicted molar refractivity (Wildman–Crippen MR) is 104 cm³/mol. The zero-order valence-corrected chi connectivity index (χ0v) is 16.5. The number of amides is 1. The molecule has 1 saturated heterocycles. The van der Waals surface area contributed by atoms with Crippen LogP contribution in [-0.2, 0) is 31.2 Å². The monoisotopic (exact) mass is 363 g/mol. The molecule has 2 heterocycles. The zero-order valence-electron chi connectivity index (χ0n) is 16.5. The van der Waals surface area contributed by atoms with Gasteiger partial charge in [-0.2, -0.15) is 5.10 Å². The molecule has 2 rings (SSSR count). The number of hydrogen-bond donors (Lipinski definition) is 3. The maximum Gasteiger partial charge on any atom is 0.231 e. The van der Waals surface area contributed by atoms with Crippen LogP contribution in [0.5, 0.6) is 0 Å². The molecule has 1 aromatic heterocycles. The molecule has 0 bridgehead atoms. The maximum absolute atomic E-state index is 11.0. The molecule has 4 N–H and O–H groups in total. The Hall–Kier alpha value is -2.09. The average Bonchev–Trinajstić information content (AvgIpc) is 2.94. The number of piperidine rings is 1. The molecule has 0 radical (unpaired) electrons. The lowest BCUT2D eigenvalue weighted by Crippen LogP contribution is -2.49. The molecule has 8 heteroatoms. The third-order valence-corrected chi connectivity index (χ3v) is 4.99. The minimum absolute atomic E-state index is 0.260. The molecule has 1 aliphatic rings. The van der Waals surface area contributed by atoms with Gasteiger partial charge in [-0.15, -0.1) is 0 Å². The number of nitrogens with two attached hydrogens (primary N) is 1. The van der Waals surface area contributed by atoms with Crippen molar-refractivity contribution in [1.29, 1.82) is 0 Å². The van der Waals surface area contributed by atoms with Gasteiger partial charge >= 0.3 is 0 Å². The fourth-order valence-corrected chi connectivity index (χ4v) is 3.61. The summed E-state index contributed by atoms with van der Waals surface area (Å²) in [5.41, 5.74) is 8.96. The zero-order chi connectivity index (χ0) is 19.1. The van der Waals surface area contributed by atoms with Crippen LogP contribution in [-0.4, -0.2) is 59.3 Å². The van der Waals surface area contributed by atoms with Gasteiger partial charge in [0.05, 0.1) is 12.2 Å². The van der Waals surface area contributed by atoms with Crippen LogP contribution in [0.15, 0.2) is 4.99 Å². The van der Waals surface area contributed by atoms with Crippen LogP contribution in [0, 0.1) is 0 Å². The normalized spacial score (nSPS) is 16.7. The molecule has 0 aromatic carbocycles. The molecule has 0 spiro atoms. The molecule has 0 aliphatic carbocycles. The topological polar surface area (TPSA) is 101 Å². The minimum atomic E-state index is -0.260. The molecule has 8 nitrogen and oxygen atoms in total. The number of aryl methyl sites for hydroxylation is 2. The van der Waals surface area contributed by atoms with E-state index in [1.165, 1.54) is 11.3 Å². The van der Waals surface area contributed by atoms with Crippen molar-refractivity contribution < 1.29 is 4.79 Å². The lowest BCUT2D eigenvalue weighted by Gasteiger charge is -2.32. The summed E-state index contributed by atoms with van der Waals surface area (Å²) in [4.78, 5) is 17.5. The quantitative estimate of drug-likeness (QED) is 0.473. The number of guanidine groups is 1. The number of carbonyl (C=O) groups is 1. The Bertz CT molecular complexity index is 630. The number of nitrogens with zero attached hydrogens (tertiary/aromatic N) is 4. The summed E-state index contributed by atoms with van der Waals surface area (Å²) >= 11 is 0. The van der Waals surface area contributed by atoms with Crippen LogP contribution in [0.3, 0.4) is 0 Å². The second-order valence-electron chi connectivity index (χ2n) is 6.79. The van der Waals surface area contributed by atoms with E-state index in [9.17, 15) is 4.79 Å². The van der Waals surface area contributed by atoms with Crippen LogP contribution in [0.2, 0.25) is 0 Å². The molecule has 1 amide bonds. The summed E-state index contributed by atoms with van der Waals surface area (Å²) in [6, 6.07) is 0.357. The molecule has 0 atom stereocenters. The second kappa shape index (κ2) is 9.56. The molecule has 1 aliphatic heterocycles. The fraction of sp³-hybridized carbons (Fsp3) is 0.722. The van der Waals surface area contributed by atoms with Gasteiger partial charge < -0.3 is 16.4 Å². The number of primary amides is 1. The van der Waals surface area contributed by atoms with Crippen LogP contribution in [0.25, 0.3) is 0 Å². The highest BCUT2D eigenvalue weighted by Crippen LogP contribution is 2.15. The number of likely N-dealkylation sites (tertiary alicyclic amines) is 1. The Morgan fingerprint density at radius 2 is 2.00 bits per heavy atom. The van der Waals surface area contributed by atoms with E-state index in [0.29, 0.717) is 12.6 Å². The molecule has 0 unspecified atom stereocenters. The van der Waals surface area contributed by atoms with Crippen molar-refractivity contribution >= 4 is 11.9 Å². The van der Waals surface area contributed by atoms with E-state index in [1.807, 2.05) is 11.7 Å². The second-order valence-corrected chi connectivity index (χ2v) is 6.79. The van der Waals surface area contributed by atoms with Gasteiger partial charge in [-0.3, -0.25) is 19.4 Å². The van der Waals surface area contributed by atoms with Crippen LogP contribution >= 0.6 is 0 Å². The number of rotatable bonds is 7. The van der Waals surface area contributed by atoms with Gasteiger partial charge in [0.1, 0.15) is 0 Å². The summed E-state index contributed by atoms with van der Waals surface area (Å²) in [7, 11) is 3.80. The summed E-state index contributed by atoms with van der Waals surface area (Å²) in [6.07, 6.45) is 3.84. The highest BCUT2D eigenvalue weighted by molar-refractivity contribution is 5.80. The number of aromatic nitrogens is 2. The molecule has 26 heavy (non-hydrogen) atoms. The Kier molecular flexibility index (Phi) is 7.44. The largest absolute Gasteiger partial charge is 0.369 e. The van der Waals surface area contributed by atoms with E-state index in [4.69, 9.17) is 5.73 Å². The van der Waals surface area contributed by atoms with E-state index in [-0.39, 0.29) is 5.91 Å². The highest BCUT2D eigenvalue weighted by Gasteiger charge is 2.21. The first-order valence-electron chi connectivity index (χ1n) is 9.49. The van der Waals surface area contributed by atoms with Gasteiger partial charge in [0.25, 0.3) is 0 Å². The summed E-state index contributed by atoms with van der Waals surface area (Å²) in [5, 5.41) is 11.6. The Morgan fingerprint density at radius 3 is 2.54 bits per heavy atom. The molecular formula is C18H33N7O. The molecule has 146 valence electrons. The first-order valence-corrected chi connectivity index (χ1v) is 9.49. The molecule has 0 saturated carbocycles. The van der Waals surface area contributed by atoms with E-state index in [1.54, 1.807) is 7.05 Å². The van der Waals surface area contributed by atoms with E-state index < -0.39 is 0 Å². The Morgan fingerprint density at radius 1 is 1.31 bits per heavy atom. The fourth-order valence-electron chi connectivity index (χ4n) is 3.61. The van der Waals surface area contributed by atoms with Crippen molar-refractivity contribution in [3.05, 3.63) is 17.0 Å². The van der Waals surface area contributed by atoms with Crippen molar-refractivity contribution in [2.24, 2.45) is 17.8 Å². The third-order valence-electron chi connectivity index (χ3n) is 4.99. The smallest absolute Gasteiger partial charge is 0.231 e. The van der Waals surface area contributed by atoms with Crippen molar-refractivity contribution in [3.8, 4) is 0 Å². The summed E-state index contributed by atoms with van der Waals surface area (Å²) in [5.74, 6) is 0.551. The maximum atomic E-state index is 11.0.